The number of rotatable bonds is 4. The summed E-state index contributed by atoms with van der Waals surface area (Å²) >= 11 is 1.56. The van der Waals surface area contributed by atoms with Crippen LogP contribution in [0.25, 0.3) is 0 Å². The molecule has 3 fully saturated rings. The first-order valence-electron chi connectivity index (χ1n) is 10.0. The number of hydrogen-bond donors (Lipinski definition) is 1. The van der Waals surface area contributed by atoms with Crippen molar-refractivity contribution in [2.75, 3.05) is 32.7 Å². The van der Waals surface area contributed by atoms with E-state index in [1.54, 1.807) is 16.2 Å². The summed E-state index contributed by atoms with van der Waals surface area (Å²) in [6.45, 7) is 5.18. The third-order valence-corrected chi connectivity index (χ3v) is 6.67. The second kappa shape index (κ2) is 8.16. The molecule has 4 rings (SSSR count). The van der Waals surface area contributed by atoms with E-state index in [1.165, 1.54) is 0 Å². The normalized spacial score (nSPS) is 28.8. The molecule has 1 N–H and O–H groups in total. The minimum absolute atomic E-state index is 0.0251. The van der Waals surface area contributed by atoms with E-state index in [2.05, 4.69) is 15.2 Å². The Morgan fingerprint density at radius 2 is 2.21 bits per heavy atom. The molecule has 0 saturated carbocycles. The van der Waals surface area contributed by atoms with Crippen LogP contribution in [0.5, 0.6) is 0 Å². The quantitative estimate of drug-likeness (QED) is 0.779. The maximum Gasteiger partial charge on any atom is 0.239 e. The van der Waals surface area contributed by atoms with Crippen LogP contribution in [0.15, 0.2) is 10.9 Å². The second-order valence-corrected chi connectivity index (χ2v) is 8.60. The number of fused-ring (bicyclic) bond motifs is 1. The summed E-state index contributed by atoms with van der Waals surface area (Å²) in [5.41, 5.74) is 2.79. The Hall–Kier alpha value is -2.00. The number of nitrogens with zero attached hydrogens (tertiary/aromatic N) is 4. The molecule has 0 bridgehead atoms. The Balaban J connectivity index is 1.47. The Morgan fingerprint density at radius 1 is 1.36 bits per heavy atom. The van der Waals surface area contributed by atoms with Gasteiger partial charge in [0.1, 0.15) is 0 Å². The maximum absolute atomic E-state index is 13.2. The molecule has 9 heteroatoms. The molecule has 8 nitrogen and oxygen atoms in total. The Bertz CT molecular complexity index is 740. The van der Waals surface area contributed by atoms with E-state index in [0.29, 0.717) is 32.6 Å². The molecule has 0 spiro atoms. The van der Waals surface area contributed by atoms with Crippen LogP contribution in [-0.2, 0) is 20.9 Å². The smallest absolute Gasteiger partial charge is 0.239 e. The molecular formula is C19H27N5O3S. The van der Waals surface area contributed by atoms with Crippen molar-refractivity contribution in [3.05, 3.63) is 16.6 Å². The van der Waals surface area contributed by atoms with E-state index in [4.69, 9.17) is 0 Å². The minimum atomic E-state index is -0.218. The Labute approximate surface area is 168 Å². The fraction of sp³-hybridized carbons (Fsp3) is 0.684. The van der Waals surface area contributed by atoms with Crippen LogP contribution in [0, 0.1) is 5.92 Å². The van der Waals surface area contributed by atoms with Crippen LogP contribution >= 0.6 is 11.3 Å². The van der Waals surface area contributed by atoms with Gasteiger partial charge in [0.2, 0.25) is 17.7 Å². The highest BCUT2D eigenvalue weighted by molar-refractivity contribution is 7.07. The van der Waals surface area contributed by atoms with Gasteiger partial charge in [-0.15, -0.1) is 11.3 Å². The van der Waals surface area contributed by atoms with E-state index < -0.39 is 0 Å². The first-order valence-corrected chi connectivity index (χ1v) is 11.0. The van der Waals surface area contributed by atoms with Crippen molar-refractivity contribution in [2.45, 2.75) is 44.8 Å². The topological polar surface area (TPSA) is 85.9 Å². The van der Waals surface area contributed by atoms with Gasteiger partial charge in [-0.3, -0.25) is 19.3 Å². The first-order chi connectivity index (χ1) is 13.6. The summed E-state index contributed by atoms with van der Waals surface area (Å²) in [7, 11) is 0. The van der Waals surface area contributed by atoms with Gasteiger partial charge in [0.25, 0.3) is 0 Å². The summed E-state index contributed by atoms with van der Waals surface area (Å²) in [5, 5.41) is 4.83. The van der Waals surface area contributed by atoms with Gasteiger partial charge in [0.15, 0.2) is 0 Å². The lowest BCUT2D eigenvalue weighted by atomic mass is 9.95. The fourth-order valence-electron chi connectivity index (χ4n) is 4.86. The summed E-state index contributed by atoms with van der Waals surface area (Å²) in [5.74, 6) is -0.191. The predicted octanol–water partition coefficient (Wildman–Crippen LogP) is 0.303. The number of amides is 3. The van der Waals surface area contributed by atoms with E-state index in [9.17, 15) is 14.4 Å². The molecule has 0 aromatic carbocycles. The lowest BCUT2D eigenvalue weighted by Crippen LogP contribution is -2.56. The predicted molar refractivity (Wildman–Crippen MR) is 104 cm³/mol. The van der Waals surface area contributed by atoms with Crippen molar-refractivity contribution in [1.29, 1.82) is 0 Å². The molecule has 3 amide bonds. The van der Waals surface area contributed by atoms with Gasteiger partial charge in [-0.25, -0.2) is 4.98 Å². The average molecular weight is 406 g/mol. The van der Waals surface area contributed by atoms with Crippen LogP contribution in [0.3, 0.4) is 0 Å². The van der Waals surface area contributed by atoms with Gasteiger partial charge in [-0.05, 0) is 19.3 Å². The molecule has 152 valence electrons. The summed E-state index contributed by atoms with van der Waals surface area (Å²) in [6.07, 6.45) is 2.20. The second-order valence-electron chi connectivity index (χ2n) is 7.89. The largest absolute Gasteiger partial charge is 0.354 e. The highest BCUT2D eigenvalue weighted by Crippen LogP contribution is 2.36. The molecule has 1 aromatic rings. The zero-order valence-electron chi connectivity index (χ0n) is 16.2. The highest BCUT2D eigenvalue weighted by Gasteiger charge is 2.49. The van der Waals surface area contributed by atoms with Gasteiger partial charge < -0.3 is 15.1 Å². The lowest BCUT2D eigenvalue weighted by Gasteiger charge is -2.39. The number of carbonyl (C=O) groups excluding carboxylic acids is 3. The number of thiazole rings is 1. The van der Waals surface area contributed by atoms with E-state index >= 15 is 0 Å². The number of hydrogen-bond acceptors (Lipinski definition) is 6. The SMILES string of the molecule is CC[C@@H]1[C@H](C(=O)N2CCCNC(=O)C2)C[C@@H]2CN(Cc3cscn3)CC(=O)N21. The molecular weight excluding hydrogens is 378 g/mol. The van der Waals surface area contributed by atoms with Crippen molar-refractivity contribution in [1.82, 2.24) is 25.0 Å². The lowest BCUT2D eigenvalue weighted by molar-refractivity contribution is -0.143. The van der Waals surface area contributed by atoms with Crippen LogP contribution in [0.4, 0.5) is 0 Å². The standard InChI is InChI=1S/C19H27N5O3S/c1-2-16-15(19(27)23-5-3-4-20-17(25)9-23)6-14-8-22(10-18(26)24(14)16)7-13-11-28-12-21-13/h11-12,14-16H,2-10H2,1H3,(H,20,25)/t14-,15-,16-/m1/s1. The molecule has 4 heterocycles. The van der Waals surface area contributed by atoms with Gasteiger partial charge in [0, 0.05) is 43.6 Å². The third-order valence-electron chi connectivity index (χ3n) is 6.03. The summed E-state index contributed by atoms with van der Waals surface area (Å²) < 4.78 is 0. The average Bonchev–Trinajstić information content (AvgIpc) is 3.25. The van der Waals surface area contributed by atoms with Gasteiger partial charge in [-0.2, -0.15) is 0 Å². The zero-order chi connectivity index (χ0) is 19.7. The van der Waals surface area contributed by atoms with Crippen molar-refractivity contribution >= 4 is 29.1 Å². The number of aromatic nitrogens is 1. The summed E-state index contributed by atoms with van der Waals surface area (Å²) in [6, 6.07) is -0.0164. The maximum atomic E-state index is 13.2. The molecule has 0 unspecified atom stereocenters. The fourth-order valence-corrected chi connectivity index (χ4v) is 5.41. The minimum Gasteiger partial charge on any atom is -0.354 e. The van der Waals surface area contributed by atoms with Crippen LogP contribution < -0.4 is 5.32 Å². The van der Waals surface area contributed by atoms with Gasteiger partial charge >= 0.3 is 0 Å². The Kier molecular flexibility index (Phi) is 5.63. The number of carbonyl (C=O) groups is 3. The molecule has 3 aliphatic heterocycles. The Morgan fingerprint density at radius 3 is 2.96 bits per heavy atom. The molecule has 0 radical (unpaired) electrons. The van der Waals surface area contributed by atoms with Crippen LogP contribution in [0.1, 0.15) is 31.9 Å². The molecule has 3 atom stereocenters. The number of piperazine rings is 1. The first kappa shape index (κ1) is 19.3. The van der Waals surface area contributed by atoms with Crippen molar-refractivity contribution in [3.63, 3.8) is 0 Å². The van der Waals surface area contributed by atoms with Gasteiger partial charge in [0.05, 0.1) is 30.2 Å². The molecule has 1 aromatic heterocycles. The van der Waals surface area contributed by atoms with Crippen LogP contribution in [-0.4, -0.2) is 82.2 Å². The van der Waals surface area contributed by atoms with E-state index in [1.807, 2.05) is 22.7 Å². The van der Waals surface area contributed by atoms with Crippen molar-refractivity contribution in [3.8, 4) is 0 Å². The molecule has 0 aliphatic carbocycles. The number of nitrogens with one attached hydrogen (secondary N) is 1. The van der Waals surface area contributed by atoms with E-state index in [-0.39, 0.29) is 42.3 Å². The summed E-state index contributed by atoms with van der Waals surface area (Å²) in [4.78, 5) is 48.1. The zero-order valence-corrected chi connectivity index (χ0v) is 17.0. The molecule has 28 heavy (non-hydrogen) atoms. The van der Waals surface area contributed by atoms with Crippen molar-refractivity contribution in [2.24, 2.45) is 5.92 Å². The molecule has 3 saturated heterocycles. The molecule has 3 aliphatic rings. The van der Waals surface area contributed by atoms with Crippen molar-refractivity contribution < 1.29 is 14.4 Å². The monoisotopic (exact) mass is 405 g/mol. The highest BCUT2D eigenvalue weighted by atomic mass is 32.1. The van der Waals surface area contributed by atoms with E-state index in [0.717, 1.165) is 25.1 Å². The van der Waals surface area contributed by atoms with Gasteiger partial charge in [-0.1, -0.05) is 6.92 Å². The van der Waals surface area contributed by atoms with Crippen LogP contribution in [0.2, 0.25) is 0 Å². The third kappa shape index (κ3) is 3.77.